The summed E-state index contributed by atoms with van der Waals surface area (Å²) in [5.41, 5.74) is 1.05. The maximum absolute atomic E-state index is 10.5. The van der Waals surface area contributed by atoms with Gasteiger partial charge in [-0.15, -0.1) is 11.3 Å². The average Bonchev–Trinajstić information content (AvgIpc) is 2.70. The van der Waals surface area contributed by atoms with Crippen molar-refractivity contribution in [2.75, 3.05) is 0 Å². The summed E-state index contributed by atoms with van der Waals surface area (Å²) in [4.78, 5) is 15.2. The molecule has 0 amide bonds. The monoisotopic (exact) mass is 209 g/mol. The van der Waals surface area contributed by atoms with Crippen LogP contribution in [0.5, 0.6) is 0 Å². The molecule has 2 aromatic heterocycles. The molecule has 4 nitrogen and oxygen atoms in total. The minimum absolute atomic E-state index is 0.0638. The van der Waals surface area contributed by atoms with Gasteiger partial charge in [0.2, 0.25) is 5.89 Å². The lowest BCUT2D eigenvalue weighted by Crippen LogP contribution is -1.95. The minimum Gasteiger partial charge on any atom is -0.476 e. The Hall–Kier alpha value is -1.62. The number of hydrogen-bond donors (Lipinski definition) is 1. The Morgan fingerprint density at radius 3 is 2.93 bits per heavy atom. The van der Waals surface area contributed by atoms with Crippen LogP contribution in [0.15, 0.2) is 22.1 Å². The number of aromatic nitrogens is 1. The Morgan fingerprint density at radius 2 is 2.43 bits per heavy atom. The Morgan fingerprint density at radius 1 is 1.64 bits per heavy atom. The van der Waals surface area contributed by atoms with E-state index in [1.54, 1.807) is 0 Å². The van der Waals surface area contributed by atoms with E-state index in [4.69, 9.17) is 9.52 Å². The van der Waals surface area contributed by atoms with Crippen LogP contribution in [0.25, 0.3) is 10.8 Å². The molecule has 72 valence electrons. The topological polar surface area (TPSA) is 63.3 Å². The molecular formula is C9H7NO3S. The van der Waals surface area contributed by atoms with Gasteiger partial charge in [-0.05, 0) is 23.9 Å². The molecule has 1 N–H and O–H groups in total. The van der Waals surface area contributed by atoms with E-state index in [0.717, 1.165) is 16.7 Å². The summed E-state index contributed by atoms with van der Waals surface area (Å²) in [6.07, 6.45) is 1.15. The maximum atomic E-state index is 10.5. The summed E-state index contributed by atoms with van der Waals surface area (Å²) < 4.78 is 5.04. The summed E-state index contributed by atoms with van der Waals surface area (Å²) in [5, 5.41) is 10.6. The molecule has 0 saturated heterocycles. The van der Waals surface area contributed by atoms with Crippen molar-refractivity contribution < 1.29 is 14.3 Å². The molecular weight excluding hydrogens is 202 g/mol. The third-order valence-electron chi connectivity index (χ3n) is 1.66. The molecule has 0 spiro atoms. The predicted molar refractivity (Wildman–Crippen MR) is 51.5 cm³/mol. The van der Waals surface area contributed by atoms with Crippen LogP contribution in [-0.4, -0.2) is 16.1 Å². The van der Waals surface area contributed by atoms with Gasteiger partial charge in [-0.3, -0.25) is 0 Å². The van der Waals surface area contributed by atoms with Crippen molar-refractivity contribution >= 4 is 17.3 Å². The number of thiophene rings is 1. The molecule has 0 aliphatic rings. The van der Waals surface area contributed by atoms with Crippen LogP contribution < -0.4 is 0 Å². The molecule has 0 atom stereocenters. The highest BCUT2D eigenvalue weighted by atomic mass is 32.1. The first-order chi connectivity index (χ1) is 6.66. The third kappa shape index (κ3) is 1.54. The quantitative estimate of drug-likeness (QED) is 0.824. The number of aryl methyl sites for hydroxylation is 1. The van der Waals surface area contributed by atoms with Crippen LogP contribution in [0, 0.1) is 6.92 Å². The van der Waals surface area contributed by atoms with Crippen LogP contribution in [-0.2, 0) is 0 Å². The number of aromatic carboxylic acids is 1. The fourth-order valence-electron chi connectivity index (χ4n) is 1.03. The molecule has 0 aliphatic heterocycles. The third-order valence-corrected chi connectivity index (χ3v) is 2.70. The lowest BCUT2D eigenvalue weighted by Gasteiger charge is -1.84. The molecule has 0 radical (unpaired) electrons. The van der Waals surface area contributed by atoms with Crippen molar-refractivity contribution in [2.45, 2.75) is 6.92 Å². The van der Waals surface area contributed by atoms with Crippen LogP contribution in [0.1, 0.15) is 16.1 Å². The van der Waals surface area contributed by atoms with E-state index in [0.29, 0.717) is 5.89 Å². The second-order valence-corrected chi connectivity index (χ2v) is 3.74. The summed E-state index contributed by atoms with van der Waals surface area (Å²) in [6, 6.07) is 1.90. The predicted octanol–water partition coefficient (Wildman–Crippen LogP) is 2.41. The van der Waals surface area contributed by atoms with Gasteiger partial charge in [-0.1, -0.05) is 0 Å². The molecule has 14 heavy (non-hydrogen) atoms. The van der Waals surface area contributed by atoms with Gasteiger partial charge >= 0.3 is 5.97 Å². The standard InChI is InChI=1S/C9H7NO3S/c1-5-2-7(14-4-5)8-10-6(3-13-8)9(11)12/h2-4H,1H3,(H,11,12). The zero-order valence-corrected chi connectivity index (χ0v) is 8.17. The van der Waals surface area contributed by atoms with Gasteiger partial charge in [0.1, 0.15) is 6.26 Å². The molecule has 0 aromatic carbocycles. The highest BCUT2D eigenvalue weighted by Gasteiger charge is 2.12. The van der Waals surface area contributed by atoms with E-state index in [-0.39, 0.29) is 5.69 Å². The lowest BCUT2D eigenvalue weighted by atomic mass is 10.3. The first-order valence-electron chi connectivity index (χ1n) is 3.91. The van der Waals surface area contributed by atoms with E-state index in [1.165, 1.54) is 11.3 Å². The van der Waals surface area contributed by atoms with Crippen molar-refractivity contribution in [3.63, 3.8) is 0 Å². The number of nitrogens with zero attached hydrogens (tertiary/aromatic N) is 1. The van der Waals surface area contributed by atoms with E-state index < -0.39 is 5.97 Å². The first-order valence-corrected chi connectivity index (χ1v) is 4.79. The fraction of sp³-hybridized carbons (Fsp3) is 0.111. The fourth-order valence-corrected chi connectivity index (χ4v) is 1.86. The van der Waals surface area contributed by atoms with Gasteiger partial charge in [0.25, 0.3) is 0 Å². The number of hydrogen-bond acceptors (Lipinski definition) is 4. The molecule has 5 heteroatoms. The summed E-state index contributed by atoms with van der Waals surface area (Å²) in [7, 11) is 0. The smallest absolute Gasteiger partial charge is 0.357 e. The normalized spacial score (nSPS) is 10.4. The molecule has 0 bridgehead atoms. The van der Waals surface area contributed by atoms with Crippen LogP contribution in [0.4, 0.5) is 0 Å². The van der Waals surface area contributed by atoms with Gasteiger partial charge in [-0.2, -0.15) is 0 Å². The van der Waals surface area contributed by atoms with Crippen LogP contribution in [0.3, 0.4) is 0 Å². The number of carboxylic acids is 1. The molecule has 2 aromatic rings. The average molecular weight is 209 g/mol. The van der Waals surface area contributed by atoms with Gasteiger partial charge in [0.15, 0.2) is 5.69 Å². The Labute approximate surface area is 83.8 Å². The SMILES string of the molecule is Cc1csc(-c2nc(C(=O)O)co2)c1. The number of rotatable bonds is 2. The van der Waals surface area contributed by atoms with Crippen LogP contribution in [0.2, 0.25) is 0 Å². The van der Waals surface area contributed by atoms with Gasteiger partial charge in [0, 0.05) is 0 Å². The zero-order valence-electron chi connectivity index (χ0n) is 7.35. The van der Waals surface area contributed by atoms with Crippen molar-refractivity contribution in [3.8, 4) is 10.8 Å². The van der Waals surface area contributed by atoms with E-state index in [2.05, 4.69) is 4.98 Å². The highest BCUT2D eigenvalue weighted by Crippen LogP contribution is 2.25. The molecule has 2 rings (SSSR count). The minimum atomic E-state index is -1.08. The van der Waals surface area contributed by atoms with Crippen molar-refractivity contribution in [3.05, 3.63) is 29.0 Å². The molecule has 0 fully saturated rings. The van der Waals surface area contributed by atoms with Gasteiger partial charge in [-0.25, -0.2) is 9.78 Å². The van der Waals surface area contributed by atoms with Crippen LogP contribution >= 0.6 is 11.3 Å². The summed E-state index contributed by atoms with van der Waals surface area (Å²) in [5.74, 6) is -0.714. The molecule has 0 aliphatic carbocycles. The Balaban J connectivity index is 2.38. The number of carboxylic acid groups (broad SMARTS) is 1. The Kier molecular flexibility index (Phi) is 2.09. The second kappa shape index (κ2) is 3.26. The zero-order chi connectivity index (χ0) is 10.1. The summed E-state index contributed by atoms with van der Waals surface area (Å²) >= 11 is 1.48. The van der Waals surface area contributed by atoms with E-state index in [1.807, 2.05) is 18.4 Å². The number of oxazole rings is 1. The largest absolute Gasteiger partial charge is 0.476 e. The molecule has 2 heterocycles. The summed E-state index contributed by atoms with van der Waals surface area (Å²) in [6.45, 7) is 1.96. The van der Waals surface area contributed by atoms with Crippen molar-refractivity contribution in [1.29, 1.82) is 0 Å². The van der Waals surface area contributed by atoms with E-state index in [9.17, 15) is 4.79 Å². The Bertz CT molecular complexity index is 472. The van der Waals surface area contributed by atoms with Crippen molar-refractivity contribution in [2.24, 2.45) is 0 Å². The lowest BCUT2D eigenvalue weighted by molar-refractivity contribution is 0.0690. The van der Waals surface area contributed by atoms with Crippen molar-refractivity contribution in [1.82, 2.24) is 4.98 Å². The molecule has 0 saturated carbocycles. The first kappa shape index (κ1) is 8.96. The highest BCUT2D eigenvalue weighted by molar-refractivity contribution is 7.13. The second-order valence-electron chi connectivity index (χ2n) is 2.83. The maximum Gasteiger partial charge on any atom is 0.357 e. The van der Waals surface area contributed by atoms with E-state index >= 15 is 0 Å². The number of carbonyl (C=O) groups is 1. The van der Waals surface area contributed by atoms with Gasteiger partial charge in [0.05, 0.1) is 4.88 Å². The van der Waals surface area contributed by atoms with Gasteiger partial charge < -0.3 is 9.52 Å². The molecule has 0 unspecified atom stereocenters.